The van der Waals surface area contributed by atoms with Crippen molar-refractivity contribution in [1.82, 2.24) is 0 Å². The SMILES string of the molecule is CCc1cc(O)c(C)c(=O)o1. The molecule has 0 bridgehead atoms. The molecule has 0 fully saturated rings. The normalized spacial score (nSPS) is 10.0. The molecule has 0 aliphatic heterocycles. The van der Waals surface area contributed by atoms with Crippen LogP contribution in [0.4, 0.5) is 0 Å². The van der Waals surface area contributed by atoms with E-state index in [2.05, 4.69) is 0 Å². The lowest BCUT2D eigenvalue weighted by atomic mass is 10.2. The summed E-state index contributed by atoms with van der Waals surface area (Å²) in [4.78, 5) is 10.9. The summed E-state index contributed by atoms with van der Waals surface area (Å²) in [6.45, 7) is 3.38. The quantitative estimate of drug-likeness (QED) is 0.661. The van der Waals surface area contributed by atoms with Gasteiger partial charge in [-0.2, -0.15) is 0 Å². The van der Waals surface area contributed by atoms with Gasteiger partial charge < -0.3 is 9.52 Å². The van der Waals surface area contributed by atoms with Crippen LogP contribution in [-0.2, 0) is 6.42 Å². The predicted octanol–water partition coefficient (Wildman–Crippen LogP) is 1.22. The van der Waals surface area contributed by atoms with Crippen LogP contribution in [0.25, 0.3) is 0 Å². The smallest absolute Gasteiger partial charge is 0.342 e. The third kappa shape index (κ3) is 1.42. The molecule has 0 radical (unpaired) electrons. The molecule has 0 atom stereocenters. The summed E-state index contributed by atoms with van der Waals surface area (Å²) < 4.78 is 4.82. The van der Waals surface area contributed by atoms with Gasteiger partial charge in [-0.3, -0.25) is 0 Å². The fourth-order valence-electron chi connectivity index (χ4n) is 0.765. The van der Waals surface area contributed by atoms with Crippen molar-refractivity contribution < 1.29 is 9.52 Å². The van der Waals surface area contributed by atoms with E-state index in [4.69, 9.17) is 9.52 Å². The number of aryl methyl sites for hydroxylation is 1. The highest BCUT2D eigenvalue weighted by atomic mass is 16.4. The van der Waals surface area contributed by atoms with Gasteiger partial charge in [0.1, 0.15) is 11.5 Å². The summed E-state index contributed by atoms with van der Waals surface area (Å²) in [5.74, 6) is 0.524. The van der Waals surface area contributed by atoms with Crippen molar-refractivity contribution in [1.29, 1.82) is 0 Å². The molecule has 60 valence electrons. The Kier molecular flexibility index (Phi) is 1.98. The van der Waals surface area contributed by atoms with Gasteiger partial charge in [-0.05, 0) is 6.92 Å². The summed E-state index contributed by atoms with van der Waals surface area (Å²) in [6.07, 6.45) is 0.614. The number of rotatable bonds is 1. The van der Waals surface area contributed by atoms with Gasteiger partial charge in [0.2, 0.25) is 0 Å². The molecule has 0 aliphatic rings. The molecular formula is C8H10O3. The van der Waals surface area contributed by atoms with Crippen molar-refractivity contribution in [2.45, 2.75) is 20.3 Å². The van der Waals surface area contributed by atoms with Crippen LogP contribution < -0.4 is 5.63 Å². The molecule has 1 N–H and O–H groups in total. The molecule has 1 rings (SSSR count). The van der Waals surface area contributed by atoms with Crippen LogP contribution >= 0.6 is 0 Å². The van der Waals surface area contributed by atoms with Gasteiger partial charge in [-0.1, -0.05) is 6.92 Å². The zero-order chi connectivity index (χ0) is 8.43. The van der Waals surface area contributed by atoms with Crippen molar-refractivity contribution in [3.8, 4) is 5.75 Å². The standard InChI is InChI=1S/C8H10O3/c1-3-6-4-7(9)5(2)8(10)11-6/h4,9H,3H2,1-2H3. The van der Waals surface area contributed by atoms with Gasteiger partial charge in [-0.25, -0.2) is 4.79 Å². The van der Waals surface area contributed by atoms with Crippen molar-refractivity contribution in [3.05, 3.63) is 27.8 Å². The summed E-state index contributed by atoms with van der Waals surface area (Å²) in [5, 5.41) is 9.15. The topological polar surface area (TPSA) is 50.4 Å². The first-order valence-electron chi connectivity index (χ1n) is 3.47. The Morgan fingerprint density at radius 3 is 2.73 bits per heavy atom. The van der Waals surface area contributed by atoms with Crippen LogP contribution in [0.15, 0.2) is 15.3 Å². The van der Waals surface area contributed by atoms with Crippen LogP contribution in [0.3, 0.4) is 0 Å². The van der Waals surface area contributed by atoms with Crippen LogP contribution in [0.2, 0.25) is 0 Å². The third-order valence-corrected chi connectivity index (χ3v) is 1.56. The van der Waals surface area contributed by atoms with E-state index < -0.39 is 5.63 Å². The Hall–Kier alpha value is -1.25. The summed E-state index contributed by atoms with van der Waals surface area (Å²) >= 11 is 0. The monoisotopic (exact) mass is 154 g/mol. The van der Waals surface area contributed by atoms with Gasteiger partial charge in [-0.15, -0.1) is 0 Å². The highest BCUT2D eigenvalue weighted by Crippen LogP contribution is 2.13. The Bertz CT molecular complexity index is 312. The molecule has 1 aromatic heterocycles. The van der Waals surface area contributed by atoms with Gasteiger partial charge >= 0.3 is 5.63 Å². The zero-order valence-corrected chi connectivity index (χ0v) is 6.55. The molecule has 1 aromatic rings. The molecule has 0 aliphatic carbocycles. The van der Waals surface area contributed by atoms with Crippen LogP contribution in [-0.4, -0.2) is 5.11 Å². The summed E-state index contributed by atoms with van der Waals surface area (Å²) in [5.41, 5.74) is -0.191. The molecule has 3 nitrogen and oxygen atoms in total. The molecule has 0 amide bonds. The minimum absolute atomic E-state index is 0.0121. The van der Waals surface area contributed by atoms with Crippen LogP contribution in [0.5, 0.6) is 5.75 Å². The lowest BCUT2D eigenvalue weighted by Gasteiger charge is -1.98. The largest absolute Gasteiger partial charge is 0.507 e. The first-order valence-corrected chi connectivity index (χ1v) is 3.47. The second kappa shape index (κ2) is 2.78. The molecule has 11 heavy (non-hydrogen) atoms. The van der Waals surface area contributed by atoms with E-state index in [-0.39, 0.29) is 11.3 Å². The average molecular weight is 154 g/mol. The minimum atomic E-state index is -0.457. The number of hydrogen-bond donors (Lipinski definition) is 1. The first-order chi connectivity index (χ1) is 5.15. The first kappa shape index (κ1) is 7.85. The van der Waals surface area contributed by atoms with E-state index in [1.165, 1.54) is 13.0 Å². The maximum absolute atomic E-state index is 10.9. The van der Waals surface area contributed by atoms with E-state index in [0.29, 0.717) is 12.2 Å². The molecule has 0 saturated heterocycles. The van der Waals surface area contributed by atoms with E-state index in [0.717, 1.165) is 0 Å². The number of aromatic hydroxyl groups is 1. The van der Waals surface area contributed by atoms with E-state index in [1.54, 1.807) is 0 Å². The fourth-order valence-corrected chi connectivity index (χ4v) is 0.765. The summed E-state index contributed by atoms with van der Waals surface area (Å²) in [6, 6.07) is 1.47. The molecule has 0 saturated carbocycles. The molecule has 1 heterocycles. The molecule has 3 heteroatoms. The lowest BCUT2D eigenvalue weighted by molar-refractivity contribution is 0.419. The lowest BCUT2D eigenvalue weighted by Crippen LogP contribution is -2.04. The van der Waals surface area contributed by atoms with Gasteiger partial charge in [0.15, 0.2) is 0 Å². The van der Waals surface area contributed by atoms with E-state index in [9.17, 15) is 4.79 Å². The zero-order valence-electron chi connectivity index (χ0n) is 6.55. The van der Waals surface area contributed by atoms with Crippen LogP contribution in [0.1, 0.15) is 18.2 Å². The maximum Gasteiger partial charge on any atom is 0.342 e. The highest BCUT2D eigenvalue weighted by Gasteiger charge is 2.03. The minimum Gasteiger partial charge on any atom is -0.507 e. The highest BCUT2D eigenvalue weighted by molar-refractivity contribution is 5.28. The third-order valence-electron chi connectivity index (χ3n) is 1.56. The number of hydrogen-bond acceptors (Lipinski definition) is 3. The van der Waals surface area contributed by atoms with Gasteiger partial charge in [0.05, 0.1) is 5.56 Å². The Morgan fingerprint density at radius 1 is 1.64 bits per heavy atom. The van der Waals surface area contributed by atoms with Crippen molar-refractivity contribution >= 4 is 0 Å². The van der Waals surface area contributed by atoms with Crippen molar-refractivity contribution in [2.75, 3.05) is 0 Å². The predicted molar refractivity (Wildman–Crippen MR) is 40.8 cm³/mol. The van der Waals surface area contributed by atoms with E-state index in [1.807, 2.05) is 6.92 Å². The molecule has 0 aromatic carbocycles. The average Bonchev–Trinajstić information content (AvgIpc) is 1.99. The molecule has 0 spiro atoms. The molecule has 0 unspecified atom stereocenters. The van der Waals surface area contributed by atoms with Gasteiger partial charge in [0, 0.05) is 12.5 Å². The van der Waals surface area contributed by atoms with Gasteiger partial charge in [0.25, 0.3) is 0 Å². The van der Waals surface area contributed by atoms with Crippen molar-refractivity contribution in [3.63, 3.8) is 0 Å². The second-order valence-corrected chi connectivity index (χ2v) is 2.36. The maximum atomic E-state index is 10.9. The fraction of sp³-hybridized carbons (Fsp3) is 0.375. The molecular weight excluding hydrogens is 144 g/mol. The Labute approximate surface area is 64.3 Å². The second-order valence-electron chi connectivity index (χ2n) is 2.36. The van der Waals surface area contributed by atoms with E-state index >= 15 is 0 Å². The Balaban J connectivity index is 3.32. The summed E-state index contributed by atoms with van der Waals surface area (Å²) in [7, 11) is 0. The van der Waals surface area contributed by atoms with Crippen molar-refractivity contribution in [2.24, 2.45) is 0 Å². The van der Waals surface area contributed by atoms with Crippen LogP contribution in [0, 0.1) is 6.92 Å². The Morgan fingerprint density at radius 2 is 2.27 bits per heavy atom.